The number of carbonyl (C=O) groups is 1. The van der Waals surface area contributed by atoms with Crippen molar-refractivity contribution >= 4 is 5.91 Å². The molecule has 24 heavy (non-hydrogen) atoms. The van der Waals surface area contributed by atoms with Crippen LogP contribution in [0.15, 0.2) is 30.5 Å². The Morgan fingerprint density at radius 1 is 1.33 bits per heavy atom. The van der Waals surface area contributed by atoms with Gasteiger partial charge in [0.25, 0.3) is 5.91 Å². The van der Waals surface area contributed by atoms with Gasteiger partial charge in [0, 0.05) is 37.0 Å². The standard InChI is InChI=1S/C20H27N3O/c1-5-18-15(3)7-6-12-23(18)20(24)17-13-14(2)8-9-16(17)19-10-11-21-22(19)4/h8-11,13,15,18H,5-7,12H2,1-4H3. The Hall–Kier alpha value is -2.10. The van der Waals surface area contributed by atoms with Gasteiger partial charge in [0.2, 0.25) is 0 Å². The predicted octanol–water partition coefficient (Wildman–Crippen LogP) is 4.05. The Bertz CT molecular complexity index is 734. The van der Waals surface area contributed by atoms with Gasteiger partial charge in [-0.1, -0.05) is 31.5 Å². The fraction of sp³-hybridized carbons (Fsp3) is 0.500. The molecule has 0 aliphatic carbocycles. The van der Waals surface area contributed by atoms with Crippen molar-refractivity contribution in [3.63, 3.8) is 0 Å². The van der Waals surface area contributed by atoms with Crippen molar-refractivity contribution in [2.24, 2.45) is 13.0 Å². The second-order valence-electron chi connectivity index (χ2n) is 6.98. The highest BCUT2D eigenvalue weighted by Crippen LogP contribution is 2.30. The van der Waals surface area contributed by atoms with Crippen LogP contribution in [0.4, 0.5) is 0 Å². The molecule has 0 N–H and O–H groups in total. The Morgan fingerprint density at radius 3 is 2.79 bits per heavy atom. The van der Waals surface area contributed by atoms with Crippen molar-refractivity contribution in [2.75, 3.05) is 6.54 Å². The lowest BCUT2D eigenvalue weighted by molar-refractivity contribution is 0.0509. The van der Waals surface area contributed by atoms with E-state index in [-0.39, 0.29) is 5.91 Å². The summed E-state index contributed by atoms with van der Waals surface area (Å²) in [6.45, 7) is 7.36. The van der Waals surface area contributed by atoms with Gasteiger partial charge in [-0.2, -0.15) is 5.10 Å². The molecule has 1 fully saturated rings. The number of nitrogens with zero attached hydrogens (tertiary/aromatic N) is 3. The van der Waals surface area contributed by atoms with Crippen LogP contribution in [0.25, 0.3) is 11.3 Å². The highest BCUT2D eigenvalue weighted by molar-refractivity contribution is 6.01. The second kappa shape index (κ2) is 6.80. The van der Waals surface area contributed by atoms with Gasteiger partial charge in [-0.25, -0.2) is 0 Å². The number of hydrogen-bond donors (Lipinski definition) is 0. The first-order valence-electron chi connectivity index (χ1n) is 8.93. The minimum atomic E-state index is 0.160. The minimum Gasteiger partial charge on any atom is -0.335 e. The van der Waals surface area contributed by atoms with E-state index in [0.29, 0.717) is 12.0 Å². The summed E-state index contributed by atoms with van der Waals surface area (Å²) in [5.41, 5.74) is 3.86. The quantitative estimate of drug-likeness (QED) is 0.854. The van der Waals surface area contributed by atoms with Crippen LogP contribution < -0.4 is 0 Å². The van der Waals surface area contributed by atoms with E-state index < -0.39 is 0 Å². The number of piperidine rings is 1. The molecule has 2 unspecified atom stereocenters. The maximum Gasteiger partial charge on any atom is 0.254 e. The summed E-state index contributed by atoms with van der Waals surface area (Å²) >= 11 is 0. The summed E-state index contributed by atoms with van der Waals surface area (Å²) in [5.74, 6) is 0.728. The smallest absolute Gasteiger partial charge is 0.254 e. The van der Waals surface area contributed by atoms with Crippen LogP contribution in [-0.2, 0) is 7.05 Å². The molecule has 4 heteroatoms. The summed E-state index contributed by atoms with van der Waals surface area (Å²) in [7, 11) is 1.92. The number of likely N-dealkylation sites (tertiary alicyclic amines) is 1. The van der Waals surface area contributed by atoms with Crippen LogP contribution in [0.2, 0.25) is 0 Å². The molecule has 0 saturated carbocycles. The van der Waals surface area contributed by atoms with Crippen molar-refractivity contribution in [1.82, 2.24) is 14.7 Å². The third-order valence-electron chi connectivity index (χ3n) is 5.30. The monoisotopic (exact) mass is 325 g/mol. The van der Waals surface area contributed by atoms with Gasteiger partial charge in [0.1, 0.15) is 0 Å². The molecule has 1 amide bonds. The third-order valence-corrected chi connectivity index (χ3v) is 5.30. The Kier molecular flexibility index (Phi) is 4.74. The molecule has 2 heterocycles. The van der Waals surface area contributed by atoms with Gasteiger partial charge < -0.3 is 4.90 Å². The van der Waals surface area contributed by atoms with Crippen molar-refractivity contribution in [3.05, 3.63) is 41.6 Å². The number of aromatic nitrogens is 2. The molecule has 1 aliphatic rings. The van der Waals surface area contributed by atoms with Crippen LogP contribution in [-0.4, -0.2) is 33.2 Å². The van der Waals surface area contributed by atoms with Crippen LogP contribution in [0.3, 0.4) is 0 Å². The van der Waals surface area contributed by atoms with Crippen molar-refractivity contribution in [3.8, 4) is 11.3 Å². The molecule has 0 bridgehead atoms. The van der Waals surface area contributed by atoms with E-state index in [2.05, 4.69) is 29.9 Å². The molecular formula is C20H27N3O. The highest BCUT2D eigenvalue weighted by Gasteiger charge is 2.32. The number of aryl methyl sites for hydroxylation is 2. The normalized spacial score (nSPS) is 21.1. The fourth-order valence-corrected chi connectivity index (χ4v) is 3.98. The first-order chi connectivity index (χ1) is 11.5. The summed E-state index contributed by atoms with van der Waals surface area (Å²) in [5, 5.41) is 4.26. The van der Waals surface area contributed by atoms with Crippen molar-refractivity contribution in [1.29, 1.82) is 0 Å². The number of rotatable bonds is 3. The van der Waals surface area contributed by atoms with Gasteiger partial charge in [0.05, 0.1) is 5.69 Å². The third kappa shape index (κ3) is 2.97. The summed E-state index contributed by atoms with van der Waals surface area (Å²) < 4.78 is 1.83. The van der Waals surface area contributed by atoms with E-state index in [9.17, 15) is 4.79 Å². The molecule has 1 aromatic carbocycles. The van der Waals surface area contributed by atoms with Crippen LogP contribution in [0, 0.1) is 12.8 Å². The fourth-order valence-electron chi connectivity index (χ4n) is 3.98. The van der Waals surface area contributed by atoms with Gasteiger partial charge in [-0.3, -0.25) is 9.48 Å². The highest BCUT2D eigenvalue weighted by atomic mass is 16.2. The molecule has 3 rings (SSSR count). The van der Waals surface area contributed by atoms with Gasteiger partial charge in [-0.05, 0) is 44.2 Å². The van der Waals surface area contributed by atoms with Crippen LogP contribution >= 0.6 is 0 Å². The predicted molar refractivity (Wildman–Crippen MR) is 96.9 cm³/mol. The lowest BCUT2D eigenvalue weighted by atomic mass is 9.88. The molecule has 1 saturated heterocycles. The largest absolute Gasteiger partial charge is 0.335 e. The van der Waals surface area contributed by atoms with E-state index in [4.69, 9.17) is 0 Å². The van der Waals surface area contributed by atoms with E-state index in [1.165, 1.54) is 6.42 Å². The van der Waals surface area contributed by atoms with E-state index in [0.717, 1.165) is 41.8 Å². The molecule has 1 aromatic heterocycles. The summed E-state index contributed by atoms with van der Waals surface area (Å²) in [6.07, 6.45) is 5.10. The van der Waals surface area contributed by atoms with E-state index in [1.54, 1.807) is 6.20 Å². The van der Waals surface area contributed by atoms with Gasteiger partial charge >= 0.3 is 0 Å². The van der Waals surface area contributed by atoms with Crippen molar-refractivity contribution in [2.45, 2.75) is 46.1 Å². The lowest BCUT2D eigenvalue weighted by Gasteiger charge is -2.40. The average Bonchev–Trinajstić information content (AvgIpc) is 2.99. The number of benzene rings is 1. The Labute approximate surface area is 144 Å². The molecule has 0 spiro atoms. The lowest BCUT2D eigenvalue weighted by Crippen LogP contribution is -2.47. The Balaban J connectivity index is 2.03. The number of hydrogen-bond acceptors (Lipinski definition) is 2. The maximum atomic E-state index is 13.4. The summed E-state index contributed by atoms with van der Waals surface area (Å²) in [6, 6.07) is 8.45. The zero-order chi connectivity index (χ0) is 17.3. The Morgan fingerprint density at radius 2 is 2.12 bits per heavy atom. The molecule has 0 radical (unpaired) electrons. The minimum absolute atomic E-state index is 0.160. The van der Waals surface area contributed by atoms with Crippen LogP contribution in [0.1, 0.15) is 49.0 Å². The zero-order valence-corrected chi connectivity index (χ0v) is 15.1. The average molecular weight is 325 g/mol. The number of carbonyl (C=O) groups excluding carboxylic acids is 1. The first kappa shape index (κ1) is 16.7. The number of amides is 1. The second-order valence-corrected chi connectivity index (χ2v) is 6.98. The molecule has 2 atom stereocenters. The van der Waals surface area contributed by atoms with Crippen molar-refractivity contribution < 1.29 is 4.79 Å². The first-order valence-corrected chi connectivity index (χ1v) is 8.93. The summed E-state index contributed by atoms with van der Waals surface area (Å²) in [4.78, 5) is 15.5. The molecule has 4 nitrogen and oxygen atoms in total. The molecular weight excluding hydrogens is 298 g/mol. The molecule has 128 valence electrons. The SMILES string of the molecule is CCC1C(C)CCCN1C(=O)c1cc(C)ccc1-c1ccnn1C. The topological polar surface area (TPSA) is 38.1 Å². The van der Waals surface area contributed by atoms with E-state index in [1.807, 2.05) is 36.9 Å². The maximum absolute atomic E-state index is 13.4. The van der Waals surface area contributed by atoms with Crippen LogP contribution in [0.5, 0.6) is 0 Å². The van der Waals surface area contributed by atoms with Gasteiger partial charge in [0.15, 0.2) is 0 Å². The van der Waals surface area contributed by atoms with E-state index >= 15 is 0 Å². The van der Waals surface area contributed by atoms with Gasteiger partial charge in [-0.15, -0.1) is 0 Å². The molecule has 1 aliphatic heterocycles. The molecule has 2 aromatic rings. The zero-order valence-electron chi connectivity index (χ0n) is 15.1.